The van der Waals surface area contributed by atoms with Gasteiger partial charge in [0.1, 0.15) is 0 Å². The molecule has 1 heterocycles. The van der Waals surface area contributed by atoms with Crippen LogP contribution in [0, 0.1) is 0 Å². The van der Waals surface area contributed by atoms with E-state index in [1.165, 1.54) is 30.7 Å². The van der Waals surface area contributed by atoms with Crippen LogP contribution in [0.2, 0.25) is 0 Å². The monoisotopic (exact) mass is 224 g/mol. The molecule has 84 valence electrons. The van der Waals surface area contributed by atoms with E-state index in [4.69, 9.17) is 5.73 Å². The van der Waals surface area contributed by atoms with Gasteiger partial charge in [-0.25, -0.2) is 0 Å². The summed E-state index contributed by atoms with van der Waals surface area (Å²) in [4.78, 5) is 3.88. The van der Waals surface area contributed by atoms with Gasteiger partial charge in [0.25, 0.3) is 0 Å². The summed E-state index contributed by atoms with van der Waals surface area (Å²) in [6.07, 6.45) is 3.97. The molecular formula is C12H20N2S. The molecular weight excluding hydrogens is 204 g/mol. The summed E-state index contributed by atoms with van der Waals surface area (Å²) in [6.45, 7) is 4.47. The lowest BCUT2D eigenvalue weighted by atomic mass is 10.2. The number of thiophene rings is 1. The fraction of sp³-hybridized carbons (Fsp3) is 0.667. The van der Waals surface area contributed by atoms with E-state index in [0.29, 0.717) is 0 Å². The van der Waals surface area contributed by atoms with Gasteiger partial charge < -0.3 is 5.73 Å². The van der Waals surface area contributed by atoms with E-state index in [9.17, 15) is 0 Å². The highest BCUT2D eigenvalue weighted by Gasteiger charge is 2.29. The van der Waals surface area contributed by atoms with Crippen molar-refractivity contribution in [2.75, 3.05) is 13.1 Å². The molecule has 0 aromatic carbocycles. The van der Waals surface area contributed by atoms with Crippen molar-refractivity contribution in [1.82, 2.24) is 4.90 Å². The van der Waals surface area contributed by atoms with Crippen LogP contribution in [0.25, 0.3) is 0 Å². The van der Waals surface area contributed by atoms with E-state index in [-0.39, 0.29) is 6.04 Å². The van der Waals surface area contributed by atoms with Crippen molar-refractivity contribution >= 4 is 11.3 Å². The lowest BCUT2D eigenvalue weighted by Gasteiger charge is -2.24. The first kappa shape index (κ1) is 11.1. The maximum atomic E-state index is 6.20. The minimum absolute atomic E-state index is 0.206. The lowest BCUT2D eigenvalue weighted by Crippen LogP contribution is -2.34. The molecule has 1 aromatic heterocycles. The van der Waals surface area contributed by atoms with Gasteiger partial charge in [0, 0.05) is 17.5 Å². The summed E-state index contributed by atoms with van der Waals surface area (Å²) in [6, 6.07) is 5.26. The van der Waals surface area contributed by atoms with E-state index in [0.717, 1.165) is 12.6 Å². The molecule has 3 heteroatoms. The largest absolute Gasteiger partial charge is 0.322 e. The normalized spacial score (nSPS) is 18.3. The van der Waals surface area contributed by atoms with Crippen LogP contribution >= 0.6 is 11.3 Å². The van der Waals surface area contributed by atoms with E-state index >= 15 is 0 Å². The molecule has 15 heavy (non-hydrogen) atoms. The van der Waals surface area contributed by atoms with Gasteiger partial charge in [0.15, 0.2) is 0 Å². The van der Waals surface area contributed by atoms with Crippen LogP contribution in [0.3, 0.4) is 0 Å². The second-order valence-corrected chi connectivity index (χ2v) is 5.33. The third-order valence-electron chi connectivity index (χ3n) is 2.91. The van der Waals surface area contributed by atoms with Crippen molar-refractivity contribution in [2.24, 2.45) is 5.73 Å². The molecule has 0 bridgehead atoms. The zero-order valence-corrected chi connectivity index (χ0v) is 10.2. The van der Waals surface area contributed by atoms with Crippen LogP contribution in [0.4, 0.5) is 0 Å². The van der Waals surface area contributed by atoms with Crippen molar-refractivity contribution in [2.45, 2.75) is 38.3 Å². The van der Waals surface area contributed by atoms with Gasteiger partial charge >= 0.3 is 0 Å². The predicted molar refractivity (Wildman–Crippen MR) is 66.1 cm³/mol. The van der Waals surface area contributed by atoms with Gasteiger partial charge in [0.05, 0.1) is 6.04 Å². The van der Waals surface area contributed by atoms with Crippen LogP contribution in [0.15, 0.2) is 17.5 Å². The second kappa shape index (κ2) is 5.10. The summed E-state index contributed by atoms with van der Waals surface area (Å²) in [5.41, 5.74) is 6.20. The first-order valence-electron chi connectivity index (χ1n) is 5.84. The molecule has 1 atom stereocenters. The molecule has 1 unspecified atom stereocenters. The average Bonchev–Trinajstić information content (AvgIpc) is 2.92. The van der Waals surface area contributed by atoms with Gasteiger partial charge in [-0.1, -0.05) is 13.0 Å². The Morgan fingerprint density at radius 3 is 2.93 bits per heavy atom. The Morgan fingerprint density at radius 1 is 1.60 bits per heavy atom. The molecule has 2 rings (SSSR count). The molecule has 1 fully saturated rings. The minimum Gasteiger partial charge on any atom is -0.322 e. The van der Waals surface area contributed by atoms with Crippen molar-refractivity contribution in [3.63, 3.8) is 0 Å². The summed E-state index contributed by atoms with van der Waals surface area (Å²) in [5.74, 6) is 0. The van der Waals surface area contributed by atoms with Crippen LogP contribution in [0.5, 0.6) is 0 Å². The standard InChI is InChI=1S/C12H20N2S/c1-2-7-14(10-5-6-10)9-11(13)12-4-3-8-15-12/h3-4,8,10-11H,2,5-7,9,13H2,1H3. The molecule has 0 amide bonds. The van der Waals surface area contributed by atoms with Gasteiger partial charge in [-0.2, -0.15) is 0 Å². The van der Waals surface area contributed by atoms with Crippen LogP contribution in [0.1, 0.15) is 37.1 Å². The SMILES string of the molecule is CCCN(CC(N)c1cccs1)C1CC1. The Kier molecular flexibility index (Phi) is 3.78. The fourth-order valence-electron chi connectivity index (χ4n) is 1.99. The highest BCUT2D eigenvalue weighted by Crippen LogP contribution is 2.29. The number of hydrogen-bond acceptors (Lipinski definition) is 3. The Labute approximate surface area is 96.1 Å². The molecule has 1 aromatic rings. The third kappa shape index (κ3) is 3.03. The molecule has 0 radical (unpaired) electrons. The lowest BCUT2D eigenvalue weighted by molar-refractivity contribution is 0.249. The highest BCUT2D eigenvalue weighted by atomic mass is 32.1. The third-order valence-corrected chi connectivity index (χ3v) is 3.92. The van der Waals surface area contributed by atoms with Gasteiger partial charge in [-0.05, 0) is 37.3 Å². The number of nitrogens with two attached hydrogens (primary N) is 1. The zero-order valence-electron chi connectivity index (χ0n) is 9.36. The first-order valence-corrected chi connectivity index (χ1v) is 6.72. The maximum Gasteiger partial charge on any atom is 0.0519 e. The number of hydrogen-bond donors (Lipinski definition) is 1. The molecule has 1 saturated carbocycles. The van der Waals surface area contributed by atoms with Gasteiger partial charge in [0.2, 0.25) is 0 Å². The zero-order chi connectivity index (χ0) is 10.7. The molecule has 1 aliphatic carbocycles. The average molecular weight is 224 g/mol. The van der Waals surface area contributed by atoms with Crippen molar-refractivity contribution in [1.29, 1.82) is 0 Å². The summed E-state index contributed by atoms with van der Waals surface area (Å²) >= 11 is 1.77. The molecule has 0 aliphatic heterocycles. The highest BCUT2D eigenvalue weighted by molar-refractivity contribution is 7.10. The topological polar surface area (TPSA) is 29.3 Å². The molecule has 0 saturated heterocycles. The Balaban J connectivity index is 1.88. The smallest absolute Gasteiger partial charge is 0.0519 e. The van der Waals surface area contributed by atoms with Crippen molar-refractivity contribution in [3.05, 3.63) is 22.4 Å². The summed E-state index contributed by atoms with van der Waals surface area (Å²) < 4.78 is 0. The van der Waals surface area contributed by atoms with E-state index in [2.05, 4.69) is 29.3 Å². The maximum absolute atomic E-state index is 6.20. The van der Waals surface area contributed by atoms with Crippen LogP contribution in [-0.2, 0) is 0 Å². The van der Waals surface area contributed by atoms with E-state index in [1.54, 1.807) is 11.3 Å². The fourth-order valence-corrected chi connectivity index (χ4v) is 2.72. The summed E-state index contributed by atoms with van der Waals surface area (Å²) in [5, 5.41) is 2.11. The van der Waals surface area contributed by atoms with E-state index in [1.807, 2.05) is 0 Å². The van der Waals surface area contributed by atoms with Gasteiger partial charge in [-0.3, -0.25) is 4.90 Å². The van der Waals surface area contributed by atoms with Crippen LogP contribution < -0.4 is 5.73 Å². The molecule has 2 nitrogen and oxygen atoms in total. The number of rotatable bonds is 6. The molecule has 2 N–H and O–H groups in total. The second-order valence-electron chi connectivity index (χ2n) is 4.35. The Hall–Kier alpha value is -0.380. The Morgan fingerprint density at radius 2 is 2.40 bits per heavy atom. The summed E-state index contributed by atoms with van der Waals surface area (Å²) in [7, 11) is 0. The molecule has 1 aliphatic rings. The minimum atomic E-state index is 0.206. The first-order chi connectivity index (χ1) is 7.31. The van der Waals surface area contributed by atoms with Crippen LogP contribution in [-0.4, -0.2) is 24.0 Å². The number of nitrogens with zero attached hydrogens (tertiary/aromatic N) is 1. The van der Waals surface area contributed by atoms with Crippen molar-refractivity contribution < 1.29 is 0 Å². The quantitative estimate of drug-likeness (QED) is 0.805. The van der Waals surface area contributed by atoms with E-state index < -0.39 is 0 Å². The predicted octanol–water partition coefficient (Wildman–Crippen LogP) is 2.62. The Bertz CT molecular complexity index is 280. The van der Waals surface area contributed by atoms with Crippen molar-refractivity contribution in [3.8, 4) is 0 Å². The molecule has 0 spiro atoms. The van der Waals surface area contributed by atoms with Gasteiger partial charge in [-0.15, -0.1) is 11.3 Å².